The summed E-state index contributed by atoms with van der Waals surface area (Å²) in [4.78, 5) is 18.7. The van der Waals surface area contributed by atoms with Crippen LogP contribution in [-0.2, 0) is 6.42 Å². The molecule has 1 aliphatic rings. The van der Waals surface area contributed by atoms with Gasteiger partial charge in [0.05, 0.1) is 6.20 Å². The molecule has 2 aromatic carbocycles. The summed E-state index contributed by atoms with van der Waals surface area (Å²) < 4.78 is 18.7. The summed E-state index contributed by atoms with van der Waals surface area (Å²) in [5.74, 6) is 0.462. The van der Waals surface area contributed by atoms with E-state index in [0.29, 0.717) is 17.7 Å². The van der Waals surface area contributed by atoms with Crippen LogP contribution in [0.4, 0.5) is 4.39 Å². The summed E-state index contributed by atoms with van der Waals surface area (Å²) in [6.07, 6.45) is 5.63. The van der Waals surface area contributed by atoms with E-state index in [9.17, 15) is 9.18 Å². The first-order chi connectivity index (χ1) is 12.7. The zero-order valence-corrected chi connectivity index (χ0v) is 14.3. The Bertz CT molecular complexity index is 891. The number of nitrogens with zero attached hydrogens (tertiary/aromatic N) is 2. The van der Waals surface area contributed by atoms with Gasteiger partial charge in [-0.1, -0.05) is 24.3 Å². The number of rotatable bonds is 4. The number of carbonyl (C=O) groups excluding carboxylic acids is 1. The van der Waals surface area contributed by atoms with Crippen molar-refractivity contribution in [2.75, 3.05) is 6.54 Å². The van der Waals surface area contributed by atoms with Crippen LogP contribution >= 0.6 is 0 Å². The van der Waals surface area contributed by atoms with Crippen molar-refractivity contribution >= 4 is 5.91 Å². The zero-order chi connectivity index (χ0) is 17.9. The van der Waals surface area contributed by atoms with Crippen LogP contribution in [0.15, 0.2) is 65.5 Å². The minimum Gasteiger partial charge on any atom is -0.444 e. The number of oxazole rings is 1. The maximum Gasteiger partial charge on any atom is 0.254 e. The van der Waals surface area contributed by atoms with Crippen molar-refractivity contribution < 1.29 is 13.6 Å². The highest BCUT2D eigenvalue weighted by molar-refractivity contribution is 5.95. The number of aromatic nitrogens is 1. The predicted molar refractivity (Wildman–Crippen MR) is 96.1 cm³/mol. The van der Waals surface area contributed by atoms with Gasteiger partial charge < -0.3 is 9.32 Å². The van der Waals surface area contributed by atoms with Crippen LogP contribution in [0.1, 0.15) is 28.8 Å². The molecule has 0 radical (unpaired) electrons. The van der Waals surface area contributed by atoms with Gasteiger partial charge in [0.2, 0.25) is 0 Å². The Morgan fingerprint density at radius 1 is 1.23 bits per heavy atom. The molecule has 1 atom stereocenters. The van der Waals surface area contributed by atoms with E-state index in [1.165, 1.54) is 12.5 Å². The lowest BCUT2D eigenvalue weighted by atomic mass is 10.0. The van der Waals surface area contributed by atoms with Crippen molar-refractivity contribution in [3.8, 4) is 11.3 Å². The van der Waals surface area contributed by atoms with Gasteiger partial charge in [-0.25, -0.2) is 9.37 Å². The number of hydrogen-bond acceptors (Lipinski definition) is 3. The van der Waals surface area contributed by atoms with Crippen LogP contribution in [0.25, 0.3) is 11.3 Å². The van der Waals surface area contributed by atoms with Crippen LogP contribution in [0, 0.1) is 5.82 Å². The van der Waals surface area contributed by atoms with E-state index in [-0.39, 0.29) is 17.8 Å². The summed E-state index contributed by atoms with van der Waals surface area (Å²) >= 11 is 0. The minimum absolute atomic E-state index is 0.0213. The number of benzene rings is 2. The molecule has 26 heavy (non-hydrogen) atoms. The SMILES string of the molecule is O=C(c1ccc(-c2cnco2)cc1)N1CCCC1Cc1cccc(F)c1. The van der Waals surface area contributed by atoms with Gasteiger partial charge in [-0.15, -0.1) is 0 Å². The summed E-state index contributed by atoms with van der Waals surface area (Å²) in [6, 6.07) is 14.1. The third-order valence-electron chi connectivity index (χ3n) is 4.85. The quantitative estimate of drug-likeness (QED) is 0.704. The fraction of sp³-hybridized carbons (Fsp3) is 0.238. The smallest absolute Gasteiger partial charge is 0.254 e. The van der Waals surface area contributed by atoms with Crippen molar-refractivity contribution in [2.45, 2.75) is 25.3 Å². The third kappa shape index (κ3) is 3.38. The Hall–Kier alpha value is -2.95. The standard InChI is InChI=1S/C21H19FN2O2/c22-18-4-1-3-15(11-18)12-19-5-2-10-24(19)21(25)17-8-6-16(7-9-17)20-13-23-14-26-20/h1,3-4,6-9,11,13-14,19H,2,5,10,12H2. The van der Waals surface area contributed by atoms with E-state index in [1.54, 1.807) is 18.3 Å². The van der Waals surface area contributed by atoms with Crippen molar-refractivity contribution in [3.63, 3.8) is 0 Å². The number of likely N-dealkylation sites (tertiary alicyclic amines) is 1. The molecule has 0 N–H and O–H groups in total. The lowest BCUT2D eigenvalue weighted by Crippen LogP contribution is -2.36. The molecule has 132 valence electrons. The van der Waals surface area contributed by atoms with Crippen LogP contribution in [0.3, 0.4) is 0 Å². The summed E-state index contributed by atoms with van der Waals surface area (Å²) in [6.45, 7) is 0.739. The third-order valence-corrected chi connectivity index (χ3v) is 4.85. The highest BCUT2D eigenvalue weighted by atomic mass is 19.1. The lowest BCUT2D eigenvalue weighted by Gasteiger charge is -2.25. The molecule has 1 fully saturated rings. The van der Waals surface area contributed by atoms with E-state index in [1.807, 2.05) is 35.2 Å². The van der Waals surface area contributed by atoms with Crippen LogP contribution < -0.4 is 0 Å². The molecular formula is C21H19FN2O2. The average Bonchev–Trinajstić information content (AvgIpc) is 3.33. The topological polar surface area (TPSA) is 46.3 Å². The van der Waals surface area contributed by atoms with Gasteiger partial charge in [0.15, 0.2) is 12.2 Å². The average molecular weight is 350 g/mol. The number of hydrogen-bond donors (Lipinski definition) is 0. The van der Waals surface area contributed by atoms with Crippen molar-refractivity contribution in [1.82, 2.24) is 9.88 Å². The molecule has 1 amide bonds. The first kappa shape index (κ1) is 16.5. The predicted octanol–water partition coefficient (Wildman–Crippen LogP) is 4.33. The molecule has 0 bridgehead atoms. The summed E-state index contributed by atoms with van der Waals surface area (Å²) in [5, 5.41) is 0. The molecule has 0 saturated carbocycles. The Labute approximate surface area is 151 Å². The monoisotopic (exact) mass is 350 g/mol. The van der Waals surface area contributed by atoms with Crippen molar-refractivity contribution in [1.29, 1.82) is 0 Å². The normalized spacial score (nSPS) is 16.8. The molecule has 1 aliphatic heterocycles. The molecule has 0 spiro atoms. The molecule has 0 aliphatic carbocycles. The first-order valence-electron chi connectivity index (χ1n) is 8.75. The van der Waals surface area contributed by atoms with Gasteiger partial charge in [0, 0.05) is 23.7 Å². The Balaban J connectivity index is 1.49. The van der Waals surface area contributed by atoms with Gasteiger partial charge in [0.25, 0.3) is 5.91 Å². The molecule has 1 unspecified atom stereocenters. The number of halogens is 1. The fourth-order valence-corrected chi connectivity index (χ4v) is 3.55. The number of amides is 1. The molecule has 1 aromatic heterocycles. The molecule has 2 heterocycles. The van der Waals surface area contributed by atoms with Crippen LogP contribution in [-0.4, -0.2) is 28.4 Å². The van der Waals surface area contributed by atoms with Crippen LogP contribution in [0.5, 0.6) is 0 Å². The largest absolute Gasteiger partial charge is 0.444 e. The highest BCUT2D eigenvalue weighted by Gasteiger charge is 2.29. The van der Waals surface area contributed by atoms with E-state index >= 15 is 0 Å². The zero-order valence-electron chi connectivity index (χ0n) is 14.3. The maximum absolute atomic E-state index is 13.4. The van der Waals surface area contributed by atoms with Gasteiger partial charge in [-0.05, 0) is 49.1 Å². The fourth-order valence-electron chi connectivity index (χ4n) is 3.55. The lowest BCUT2D eigenvalue weighted by molar-refractivity contribution is 0.0736. The Morgan fingerprint density at radius 3 is 2.81 bits per heavy atom. The Morgan fingerprint density at radius 2 is 2.08 bits per heavy atom. The minimum atomic E-state index is -0.235. The second kappa shape index (κ2) is 7.12. The molecular weight excluding hydrogens is 331 g/mol. The second-order valence-corrected chi connectivity index (χ2v) is 6.57. The summed E-state index contributed by atoms with van der Waals surface area (Å²) in [5.41, 5.74) is 2.46. The molecule has 3 aromatic rings. The molecule has 5 heteroatoms. The van der Waals surface area contributed by atoms with E-state index < -0.39 is 0 Å². The highest BCUT2D eigenvalue weighted by Crippen LogP contribution is 2.25. The molecule has 4 nitrogen and oxygen atoms in total. The van der Waals surface area contributed by atoms with Crippen molar-refractivity contribution in [3.05, 3.63) is 78.1 Å². The van der Waals surface area contributed by atoms with E-state index in [2.05, 4.69) is 4.98 Å². The van der Waals surface area contributed by atoms with Gasteiger partial charge in [-0.3, -0.25) is 4.79 Å². The Kier molecular flexibility index (Phi) is 4.52. The maximum atomic E-state index is 13.4. The van der Waals surface area contributed by atoms with E-state index in [0.717, 1.165) is 30.5 Å². The molecule has 4 rings (SSSR count). The van der Waals surface area contributed by atoms with Gasteiger partial charge in [-0.2, -0.15) is 0 Å². The number of carbonyl (C=O) groups is 1. The van der Waals surface area contributed by atoms with Gasteiger partial charge >= 0.3 is 0 Å². The first-order valence-corrected chi connectivity index (χ1v) is 8.75. The summed E-state index contributed by atoms with van der Waals surface area (Å²) in [7, 11) is 0. The molecule has 1 saturated heterocycles. The van der Waals surface area contributed by atoms with Crippen LogP contribution in [0.2, 0.25) is 0 Å². The van der Waals surface area contributed by atoms with Gasteiger partial charge in [0.1, 0.15) is 5.82 Å². The van der Waals surface area contributed by atoms with Crippen molar-refractivity contribution in [2.24, 2.45) is 0 Å². The second-order valence-electron chi connectivity index (χ2n) is 6.57. The van der Waals surface area contributed by atoms with E-state index in [4.69, 9.17) is 4.42 Å².